The molecule has 0 aliphatic carbocycles. The van der Waals surface area contributed by atoms with Crippen molar-refractivity contribution < 1.29 is 0 Å². The fourth-order valence-corrected chi connectivity index (χ4v) is 2.49. The molecule has 2 aromatic heterocycles. The number of fused-ring (bicyclic) bond motifs is 1. The molecule has 104 valence electrons. The number of aromatic nitrogens is 3. The number of halogens is 1. The molecule has 2 rings (SSSR count). The molecule has 0 aliphatic heterocycles. The van der Waals surface area contributed by atoms with Crippen molar-refractivity contribution in [1.82, 2.24) is 14.5 Å². The molecule has 0 spiro atoms. The number of hydrogen-bond donors (Lipinski definition) is 0. The standard InChI is InChI=1S/C15H22ClN3/c1-11(2)7-4-5-10-19-14(12(3)16)18-13-8-6-9-17-15(13)19/h6,8-9,11-12H,4-5,7,10H2,1-3H3. The highest BCUT2D eigenvalue weighted by molar-refractivity contribution is 6.20. The minimum absolute atomic E-state index is 0.0840. The number of nitrogens with zero attached hydrogens (tertiary/aromatic N) is 3. The Bertz CT molecular complexity index is 531. The van der Waals surface area contributed by atoms with Crippen LogP contribution in [0.5, 0.6) is 0 Å². The third-order valence-electron chi connectivity index (χ3n) is 3.30. The number of aryl methyl sites for hydroxylation is 1. The zero-order valence-corrected chi connectivity index (χ0v) is 12.7. The molecule has 0 bridgehead atoms. The van der Waals surface area contributed by atoms with Crippen molar-refractivity contribution in [1.29, 1.82) is 0 Å². The molecular formula is C15H22ClN3. The predicted molar refractivity (Wildman–Crippen MR) is 80.5 cm³/mol. The maximum absolute atomic E-state index is 6.23. The van der Waals surface area contributed by atoms with Gasteiger partial charge in [-0.05, 0) is 31.4 Å². The van der Waals surface area contributed by atoms with Crippen molar-refractivity contribution >= 4 is 22.8 Å². The molecule has 4 heteroatoms. The molecule has 0 saturated heterocycles. The van der Waals surface area contributed by atoms with Crippen LogP contribution in [0.2, 0.25) is 0 Å². The van der Waals surface area contributed by atoms with Crippen LogP contribution in [-0.4, -0.2) is 14.5 Å². The quantitative estimate of drug-likeness (QED) is 0.573. The molecule has 0 aliphatic rings. The summed E-state index contributed by atoms with van der Waals surface area (Å²) >= 11 is 6.23. The van der Waals surface area contributed by atoms with Crippen molar-refractivity contribution in [2.24, 2.45) is 5.92 Å². The van der Waals surface area contributed by atoms with Crippen LogP contribution < -0.4 is 0 Å². The highest BCUT2D eigenvalue weighted by atomic mass is 35.5. The molecule has 1 atom stereocenters. The second kappa shape index (κ2) is 6.38. The average molecular weight is 280 g/mol. The summed E-state index contributed by atoms with van der Waals surface area (Å²) in [5, 5.41) is -0.0840. The number of alkyl halides is 1. The summed E-state index contributed by atoms with van der Waals surface area (Å²) < 4.78 is 2.17. The molecule has 0 fully saturated rings. The highest BCUT2D eigenvalue weighted by Crippen LogP contribution is 2.24. The van der Waals surface area contributed by atoms with Crippen LogP contribution in [0.15, 0.2) is 18.3 Å². The molecular weight excluding hydrogens is 258 g/mol. The summed E-state index contributed by atoms with van der Waals surface area (Å²) in [6, 6.07) is 3.91. The molecule has 0 radical (unpaired) electrons. The smallest absolute Gasteiger partial charge is 0.160 e. The van der Waals surface area contributed by atoms with Crippen LogP contribution in [0, 0.1) is 5.92 Å². The highest BCUT2D eigenvalue weighted by Gasteiger charge is 2.15. The Balaban J connectivity index is 2.17. The van der Waals surface area contributed by atoms with Gasteiger partial charge in [-0.3, -0.25) is 0 Å². The number of rotatable bonds is 6. The molecule has 2 heterocycles. The molecule has 0 aromatic carbocycles. The Labute approximate surface area is 120 Å². The summed E-state index contributed by atoms with van der Waals surface area (Å²) in [6.45, 7) is 7.45. The molecule has 2 aromatic rings. The predicted octanol–water partition coefficient (Wildman–Crippen LogP) is 4.56. The Kier molecular flexibility index (Phi) is 4.81. The average Bonchev–Trinajstić information content (AvgIpc) is 2.73. The third kappa shape index (κ3) is 3.47. The maximum atomic E-state index is 6.23. The van der Waals surface area contributed by atoms with E-state index in [9.17, 15) is 0 Å². The Morgan fingerprint density at radius 2 is 2.05 bits per heavy atom. The fraction of sp³-hybridized carbons (Fsp3) is 0.600. The van der Waals surface area contributed by atoms with Gasteiger partial charge in [0.2, 0.25) is 0 Å². The summed E-state index contributed by atoms with van der Waals surface area (Å²) in [6.07, 6.45) is 5.47. The first-order valence-corrected chi connectivity index (χ1v) is 7.48. The lowest BCUT2D eigenvalue weighted by molar-refractivity contribution is 0.506. The monoisotopic (exact) mass is 279 g/mol. The van der Waals surface area contributed by atoms with Crippen LogP contribution >= 0.6 is 11.6 Å². The van der Waals surface area contributed by atoms with E-state index in [0.29, 0.717) is 0 Å². The lowest BCUT2D eigenvalue weighted by Gasteiger charge is -2.10. The zero-order valence-electron chi connectivity index (χ0n) is 11.9. The Morgan fingerprint density at radius 1 is 1.26 bits per heavy atom. The van der Waals surface area contributed by atoms with E-state index in [1.54, 1.807) is 0 Å². The Hall–Kier alpha value is -1.09. The summed E-state index contributed by atoms with van der Waals surface area (Å²) in [5.74, 6) is 1.70. The first-order chi connectivity index (χ1) is 9.09. The molecule has 3 nitrogen and oxygen atoms in total. The van der Waals surface area contributed by atoms with Crippen LogP contribution in [0.3, 0.4) is 0 Å². The number of unbranched alkanes of at least 4 members (excludes halogenated alkanes) is 1. The van der Waals surface area contributed by atoms with Gasteiger partial charge in [0.25, 0.3) is 0 Å². The molecule has 0 amide bonds. The number of hydrogen-bond acceptors (Lipinski definition) is 2. The normalized spacial score (nSPS) is 13.3. The van der Waals surface area contributed by atoms with Gasteiger partial charge in [-0.15, -0.1) is 11.6 Å². The fourth-order valence-electron chi connectivity index (χ4n) is 2.32. The molecule has 0 saturated carbocycles. The molecule has 19 heavy (non-hydrogen) atoms. The van der Waals surface area contributed by atoms with Gasteiger partial charge in [0.05, 0.1) is 5.38 Å². The second-order valence-corrected chi connectivity index (χ2v) is 6.13. The van der Waals surface area contributed by atoms with Crippen molar-refractivity contribution in [3.05, 3.63) is 24.2 Å². The number of imidazole rings is 1. The Morgan fingerprint density at radius 3 is 2.74 bits per heavy atom. The van der Waals surface area contributed by atoms with E-state index >= 15 is 0 Å². The van der Waals surface area contributed by atoms with E-state index in [1.165, 1.54) is 12.8 Å². The molecule has 0 N–H and O–H groups in total. The van der Waals surface area contributed by atoms with Crippen molar-refractivity contribution in [3.8, 4) is 0 Å². The van der Waals surface area contributed by atoms with Crippen LogP contribution in [0.25, 0.3) is 11.2 Å². The minimum atomic E-state index is -0.0840. The van der Waals surface area contributed by atoms with Gasteiger partial charge < -0.3 is 4.57 Å². The summed E-state index contributed by atoms with van der Waals surface area (Å²) in [7, 11) is 0. The van der Waals surface area contributed by atoms with Crippen LogP contribution in [0.1, 0.15) is 51.2 Å². The summed E-state index contributed by atoms with van der Waals surface area (Å²) in [4.78, 5) is 9.03. The SMILES string of the molecule is CC(C)CCCCn1c(C(C)Cl)nc2cccnc21. The van der Waals surface area contributed by atoms with E-state index in [2.05, 4.69) is 28.4 Å². The zero-order chi connectivity index (χ0) is 13.8. The van der Waals surface area contributed by atoms with Crippen molar-refractivity contribution in [3.63, 3.8) is 0 Å². The van der Waals surface area contributed by atoms with Gasteiger partial charge in [0.1, 0.15) is 11.3 Å². The lowest BCUT2D eigenvalue weighted by atomic mass is 10.1. The van der Waals surface area contributed by atoms with Gasteiger partial charge in [-0.2, -0.15) is 0 Å². The number of pyridine rings is 1. The van der Waals surface area contributed by atoms with Gasteiger partial charge in [0, 0.05) is 12.7 Å². The largest absolute Gasteiger partial charge is 0.311 e. The van der Waals surface area contributed by atoms with E-state index in [1.807, 2.05) is 25.3 Å². The first-order valence-electron chi connectivity index (χ1n) is 7.04. The van der Waals surface area contributed by atoms with E-state index in [0.717, 1.165) is 35.9 Å². The van der Waals surface area contributed by atoms with E-state index in [-0.39, 0.29) is 5.38 Å². The van der Waals surface area contributed by atoms with Gasteiger partial charge >= 0.3 is 0 Å². The van der Waals surface area contributed by atoms with E-state index < -0.39 is 0 Å². The minimum Gasteiger partial charge on any atom is -0.311 e. The van der Waals surface area contributed by atoms with Crippen LogP contribution in [-0.2, 0) is 6.54 Å². The van der Waals surface area contributed by atoms with Gasteiger partial charge in [-0.25, -0.2) is 9.97 Å². The topological polar surface area (TPSA) is 30.7 Å². The van der Waals surface area contributed by atoms with Crippen molar-refractivity contribution in [2.45, 2.75) is 52.0 Å². The van der Waals surface area contributed by atoms with Crippen molar-refractivity contribution in [2.75, 3.05) is 0 Å². The third-order valence-corrected chi connectivity index (χ3v) is 3.50. The molecule has 1 unspecified atom stereocenters. The summed E-state index contributed by atoms with van der Waals surface area (Å²) in [5.41, 5.74) is 1.89. The van der Waals surface area contributed by atoms with E-state index in [4.69, 9.17) is 11.6 Å². The second-order valence-electron chi connectivity index (χ2n) is 5.47. The maximum Gasteiger partial charge on any atom is 0.160 e. The first kappa shape index (κ1) is 14.3. The lowest BCUT2D eigenvalue weighted by Crippen LogP contribution is -2.05. The van der Waals surface area contributed by atoms with Gasteiger partial charge in [0.15, 0.2) is 5.65 Å². The van der Waals surface area contributed by atoms with Crippen LogP contribution in [0.4, 0.5) is 0 Å². The van der Waals surface area contributed by atoms with Gasteiger partial charge in [-0.1, -0.05) is 26.7 Å².